The molecule has 0 aromatic rings. The van der Waals surface area contributed by atoms with Gasteiger partial charge in [-0.25, -0.2) is 9.47 Å². The van der Waals surface area contributed by atoms with Crippen LogP contribution >= 0.6 is 15.2 Å². The van der Waals surface area contributed by atoms with Crippen LogP contribution in [-0.2, 0) is 18.6 Å². The summed E-state index contributed by atoms with van der Waals surface area (Å²) < 4.78 is 230. The van der Waals surface area contributed by atoms with Crippen molar-refractivity contribution < 1.29 is 108 Å². The first-order chi connectivity index (χ1) is 14.2. The van der Waals surface area contributed by atoms with Crippen molar-refractivity contribution >= 4 is 15.2 Å². The highest BCUT2D eigenvalue weighted by Crippen LogP contribution is 2.63. The van der Waals surface area contributed by atoms with Crippen LogP contribution in [0.5, 0.6) is 0 Å². The Balaban J connectivity index is 6.46. The zero-order chi connectivity index (χ0) is 28.4. The molecule has 0 rings (SSSR count). The van der Waals surface area contributed by atoms with Crippen molar-refractivity contribution in [1.29, 1.82) is 0 Å². The van der Waals surface area contributed by atoms with Crippen molar-refractivity contribution in [2.45, 2.75) is 47.6 Å². The van der Waals surface area contributed by atoms with E-state index in [9.17, 15) is 89.2 Å². The fourth-order valence-electron chi connectivity index (χ4n) is 1.27. The first-order valence-electron chi connectivity index (χ1n) is 6.67. The van der Waals surface area contributed by atoms with Gasteiger partial charge in [0.15, 0.2) is 0 Å². The van der Waals surface area contributed by atoms with Crippen LogP contribution in [0.2, 0.25) is 0 Å². The summed E-state index contributed by atoms with van der Waals surface area (Å²) in [6.45, 7) is 0. The summed E-state index contributed by atoms with van der Waals surface area (Å²) in [6, 6.07) is 0. The summed E-state index contributed by atoms with van der Waals surface area (Å²) in [4.78, 5) is 35.7. The molecule has 0 radical (unpaired) electrons. The maximum Gasteiger partial charge on any atom is 0.432 e. The Morgan fingerprint density at radius 3 is 0.794 bits per heavy atom. The molecule has 2 N–H and O–H groups in total. The van der Waals surface area contributed by atoms with Gasteiger partial charge in [-0.2, -0.15) is 70.2 Å². The van der Waals surface area contributed by atoms with Gasteiger partial charge in [0.05, 0.1) is 0 Å². The lowest BCUT2D eigenvalue weighted by molar-refractivity contribution is -0.525. The van der Waals surface area contributed by atoms with Gasteiger partial charge in [-0.05, 0) is 0 Å². The highest BCUT2D eigenvalue weighted by Gasteiger charge is 2.87. The monoisotopic (exact) mass is 592 g/mol. The van der Waals surface area contributed by atoms with Gasteiger partial charge < -0.3 is 28.7 Å². The molecule has 0 fully saturated rings. The minimum absolute atomic E-state index is 1.18. The number of ether oxygens (including phenoxy) is 2. The maximum absolute atomic E-state index is 13.2. The Morgan fingerprint density at radius 1 is 0.471 bits per heavy atom. The van der Waals surface area contributed by atoms with E-state index >= 15 is 0 Å². The molecule has 2 unspecified atom stereocenters. The van der Waals surface area contributed by atoms with Gasteiger partial charge in [0.1, 0.15) is 0 Å². The van der Waals surface area contributed by atoms with Gasteiger partial charge in [-0.3, -0.25) is 0 Å². The Morgan fingerprint density at radius 2 is 0.647 bits per heavy atom. The van der Waals surface area contributed by atoms with Crippen LogP contribution in [-0.4, -0.2) is 57.4 Å². The van der Waals surface area contributed by atoms with Crippen molar-refractivity contribution in [3.8, 4) is 0 Å². The first kappa shape index (κ1) is 33.1. The molecule has 0 aliphatic heterocycles. The summed E-state index contributed by atoms with van der Waals surface area (Å²) in [5.41, 5.74) is -14.7. The van der Waals surface area contributed by atoms with E-state index in [0.29, 0.717) is 0 Å². The predicted molar refractivity (Wildman–Crippen MR) is 61.4 cm³/mol. The lowest BCUT2D eigenvalue weighted by Crippen LogP contribution is -2.67. The van der Waals surface area contributed by atoms with Crippen molar-refractivity contribution in [3.63, 3.8) is 0 Å². The molecular formula is C8H2F16O8P2-2. The summed E-state index contributed by atoms with van der Waals surface area (Å²) >= 11 is 0. The van der Waals surface area contributed by atoms with E-state index in [0.717, 1.165) is 0 Å². The van der Waals surface area contributed by atoms with Gasteiger partial charge in [0, 0.05) is 0 Å². The number of alkyl halides is 16. The molecule has 0 spiro atoms. The minimum Gasteiger partial charge on any atom is -0.774 e. The summed E-state index contributed by atoms with van der Waals surface area (Å²) in [7, 11) is -15.8. The Labute approximate surface area is 172 Å². The summed E-state index contributed by atoms with van der Waals surface area (Å²) in [6.07, 6.45) is -31.6. The predicted octanol–water partition coefficient (Wildman–Crippen LogP) is 2.94. The second-order valence-electron chi connectivity index (χ2n) is 5.54. The molecule has 206 valence electrons. The maximum atomic E-state index is 13.2. The largest absolute Gasteiger partial charge is 0.774 e. The highest BCUT2D eigenvalue weighted by molar-refractivity contribution is 7.52. The van der Waals surface area contributed by atoms with E-state index in [-0.39, 0.29) is 0 Å². The summed E-state index contributed by atoms with van der Waals surface area (Å²) in [5, 5.41) is 0. The number of hydrogen-bond donors (Lipinski definition) is 2. The van der Waals surface area contributed by atoms with Crippen molar-refractivity contribution in [2.24, 2.45) is 0 Å². The molecule has 8 nitrogen and oxygen atoms in total. The smallest absolute Gasteiger partial charge is 0.432 e. The zero-order valence-corrected chi connectivity index (χ0v) is 16.1. The first-order valence-corrected chi connectivity index (χ1v) is 9.82. The van der Waals surface area contributed by atoms with Gasteiger partial charge in [0.2, 0.25) is 15.2 Å². The molecule has 0 aromatic carbocycles. The molecule has 0 bridgehead atoms. The topological polar surface area (TPSA) is 139 Å². The summed E-state index contributed by atoms with van der Waals surface area (Å²) in [5.74, 6) is -17.0. The zero-order valence-electron chi connectivity index (χ0n) is 14.3. The normalized spacial score (nSPS) is 19.5. The Bertz CT molecular complexity index is 791. The minimum atomic E-state index is -8.49. The molecule has 34 heavy (non-hydrogen) atoms. The molecule has 0 aromatic heterocycles. The van der Waals surface area contributed by atoms with Gasteiger partial charge in [-0.15, -0.1) is 0 Å². The third kappa shape index (κ3) is 5.13. The van der Waals surface area contributed by atoms with Crippen molar-refractivity contribution in [3.05, 3.63) is 0 Å². The molecule has 0 saturated carbocycles. The third-order valence-corrected chi connectivity index (χ3v) is 4.99. The second-order valence-corrected chi connectivity index (χ2v) is 8.75. The van der Waals surface area contributed by atoms with Crippen LogP contribution in [0.15, 0.2) is 0 Å². The van der Waals surface area contributed by atoms with Crippen molar-refractivity contribution in [1.82, 2.24) is 0 Å². The SMILES string of the molecule is O=P([O-])(O)C(F)(F)C(F)(F)OC(F)(F)C(F)(F)C(F)(F)C(F)(F)OC(F)(F)C(F)(F)P(=O)([O-])O. The molecule has 0 aliphatic rings. The van der Waals surface area contributed by atoms with Crippen LogP contribution in [0.1, 0.15) is 0 Å². The van der Waals surface area contributed by atoms with Crippen molar-refractivity contribution in [2.75, 3.05) is 0 Å². The fourth-order valence-corrected chi connectivity index (χ4v) is 2.02. The average molecular weight is 592 g/mol. The van der Waals surface area contributed by atoms with Gasteiger partial charge in [0.25, 0.3) is 0 Å². The number of rotatable bonds is 11. The molecule has 0 amide bonds. The lowest BCUT2D eigenvalue weighted by atomic mass is 10.1. The molecule has 2 atom stereocenters. The van der Waals surface area contributed by atoms with E-state index in [1.54, 1.807) is 0 Å². The van der Waals surface area contributed by atoms with Crippen LogP contribution in [0.4, 0.5) is 70.2 Å². The van der Waals surface area contributed by atoms with Gasteiger partial charge >= 0.3 is 47.6 Å². The third-order valence-electron chi connectivity index (χ3n) is 3.05. The Hall–Kier alpha value is -0.900. The van der Waals surface area contributed by atoms with E-state index in [1.807, 2.05) is 0 Å². The number of hydrogen-bond acceptors (Lipinski definition) is 6. The van der Waals surface area contributed by atoms with Crippen LogP contribution < -0.4 is 9.79 Å². The lowest BCUT2D eigenvalue weighted by Gasteiger charge is -2.40. The molecule has 0 heterocycles. The molecule has 0 aliphatic carbocycles. The van der Waals surface area contributed by atoms with Crippen LogP contribution in [0.3, 0.4) is 0 Å². The van der Waals surface area contributed by atoms with Gasteiger partial charge in [-0.1, -0.05) is 0 Å². The molecule has 26 heteroatoms. The second kappa shape index (κ2) is 8.32. The molecule has 0 saturated heterocycles. The van der Waals surface area contributed by atoms with E-state index in [4.69, 9.17) is 9.79 Å². The van der Waals surface area contributed by atoms with Crippen LogP contribution in [0, 0.1) is 0 Å². The quantitative estimate of drug-likeness (QED) is 0.276. The van der Waals surface area contributed by atoms with E-state index < -0.39 is 62.8 Å². The fraction of sp³-hybridized carbons (Fsp3) is 1.00. The molecular weight excluding hydrogens is 590 g/mol. The standard InChI is InChI=1S/C8H4F16O8P2/c9-1(10,3(13,14)31-5(17,18)7(21,22)33(25,26)27)2(11,12)4(15,16)32-6(19,20)8(23,24)34(28,29)30/h(H2,25,26,27)(H2,28,29,30)/p-2. The average Bonchev–Trinajstić information content (AvgIpc) is 2.49. The van der Waals surface area contributed by atoms with Crippen LogP contribution in [0.25, 0.3) is 0 Å². The Kier molecular flexibility index (Phi) is 8.10. The van der Waals surface area contributed by atoms with E-state index in [2.05, 4.69) is 0 Å². The number of halogens is 16. The van der Waals surface area contributed by atoms with E-state index in [1.165, 1.54) is 9.47 Å². The highest BCUT2D eigenvalue weighted by atomic mass is 31.2.